The van der Waals surface area contributed by atoms with Crippen LogP contribution in [0, 0.1) is 0 Å². The van der Waals surface area contributed by atoms with Crippen LogP contribution in [0.25, 0.3) is 0 Å². The lowest BCUT2D eigenvalue weighted by Crippen LogP contribution is -2.56. The minimum absolute atomic E-state index is 0.431. The summed E-state index contributed by atoms with van der Waals surface area (Å²) in [6, 6.07) is -0.666. The van der Waals surface area contributed by atoms with Crippen molar-refractivity contribution >= 4 is 14.3 Å². The van der Waals surface area contributed by atoms with Crippen molar-refractivity contribution in [3.8, 4) is 0 Å². The zero-order chi connectivity index (χ0) is 14.9. The van der Waals surface area contributed by atoms with E-state index in [-0.39, 0.29) is 0 Å². The Kier molecular flexibility index (Phi) is 4.62. The van der Waals surface area contributed by atoms with Crippen LogP contribution in [0.1, 0.15) is 0 Å². The minimum atomic E-state index is -2.86. The van der Waals surface area contributed by atoms with Crippen LogP contribution in [0.2, 0.25) is 0 Å². The Morgan fingerprint density at radius 3 is 2.85 bits per heavy atom. The van der Waals surface area contributed by atoms with Crippen LogP contribution in [0.4, 0.5) is 4.79 Å². The average molecular weight is 309 g/mol. The minimum Gasteiger partial charge on any atom is -0.386 e. The lowest BCUT2D eigenvalue weighted by molar-refractivity contribution is -0.284. The first-order valence-electron chi connectivity index (χ1n) is 5.55. The molecule has 12 heteroatoms. The molecule has 2 rings (SSSR count). The molecule has 5 atom stereocenters. The van der Waals surface area contributed by atoms with E-state index in [0.29, 0.717) is 0 Å². The predicted octanol–water partition coefficient (Wildman–Crippen LogP) is -2.31. The number of hydroxylamine groups is 1. The molecule has 0 radical (unpaired) electrons. The summed E-state index contributed by atoms with van der Waals surface area (Å²) in [4.78, 5) is 25.3. The second-order valence-electron chi connectivity index (χ2n) is 4.05. The molecule has 0 bridgehead atoms. The number of aliphatic hydroxyl groups is 2. The number of carbonyl (C=O) groups is 1. The van der Waals surface area contributed by atoms with Crippen LogP contribution in [0.5, 0.6) is 0 Å². The fourth-order valence-corrected chi connectivity index (χ4v) is 1.96. The van der Waals surface area contributed by atoms with Gasteiger partial charge < -0.3 is 21.3 Å². The molecule has 1 fully saturated rings. The van der Waals surface area contributed by atoms with Gasteiger partial charge in [-0.05, 0) is 6.08 Å². The van der Waals surface area contributed by atoms with E-state index in [4.69, 9.17) is 15.5 Å². The summed E-state index contributed by atoms with van der Waals surface area (Å²) in [7, 11) is -2.86. The zero-order valence-electron chi connectivity index (χ0n) is 10.1. The highest BCUT2D eigenvalue weighted by Gasteiger charge is 2.47. The number of hydrogen-bond acceptors (Lipinski definition) is 8. The van der Waals surface area contributed by atoms with E-state index in [9.17, 15) is 19.6 Å². The second-order valence-corrected chi connectivity index (χ2v) is 4.78. The summed E-state index contributed by atoms with van der Waals surface area (Å²) in [5.74, 6) is 0. The van der Waals surface area contributed by atoms with Crippen LogP contribution in [0.3, 0.4) is 0 Å². The molecule has 0 aromatic carbocycles. The molecular weight excluding hydrogens is 295 g/mol. The molecular formula is C8H14N4O7P+. The van der Waals surface area contributed by atoms with Gasteiger partial charge in [-0.15, -0.1) is 9.42 Å². The van der Waals surface area contributed by atoms with Crippen LogP contribution in [0.15, 0.2) is 12.3 Å². The van der Waals surface area contributed by atoms with Gasteiger partial charge in [0, 0.05) is 10.8 Å². The molecule has 2 amide bonds. The van der Waals surface area contributed by atoms with E-state index < -0.39 is 45.5 Å². The highest BCUT2D eigenvalue weighted by Crippen LogP contribution is 2.26. The van der Waals surface area contributed by atoms with E-state index >= 15 is 0 Å². The van der Waals surface area contributed by atoms with Gasteiger partial charge in [0.05, 0.1) is 6.17 Å². The van der Waals surface area contributed by atoms with Gasteiger partial charge in [0.2, 0.25) is 0 Å². The Hall–Kier alpha value is -1.17. The maximum atomic E-state index is 11.7. The molecule has 2 aliphatic rings. The third-order valence-corrected chi connectivity index (χ3v) is 3.02. The van der Waals surface area contributed by atoms with Gasteiger partial charge in [-0.1, -0.05) is 5.17 Å². The van der Waals surface area contributed by atoms with Crippen molar-refractivity contribution in [2.75, 3.05) is 6.61 Å². The maximum absolute atomic E-state index is 11.7. The number of amides is 2. The van der Waals surface area contributed by atoms with Crippen molar-refractivity contribution in [3.63, 3.8) is 0 Å². The third-order valence-electron chi connectivity index (χ3n) is 2.65. The summed E-state index contributed by atoms with van der Waals surface area (Å²) in [5.41, 5.74) is 5.46. The topological polar surface area (TPSA) is 158 Å². The molecule has 112 valence electrons. The van der Waals surface area contributed by atoms with Crippen molar-refractivity contribution < 1.29 is 33.8 Å². The van der Waals surface area contributed by atoms with E-state index in [2.05, 4.69) is 9.84 Å². The van der Waals surface area contributed by atoms with Crippen LogP contribution in [-0.4, -0.2) is 62.5 Å². The van der Waals surface area contributed by atoms with Crippen molar-refractivity contribution in [2.24, 2.45) is 5.73 Å². The summed E-state index contributed by atoms with van der Waals surface area (Å²) in [6.07, 6.45) is -2.06. The Morgan fingerprint density at radius 1 is 1.55 bits per heavy atom. The molecule has 0 aromatic rings. The molecule has 2 heterocycles. The first-order chi connectivity index (χ1) is 9.40. The smallest absolute Gasteiger partial charge is 0.386 e. The number of hydrogen-bond donors (Lipinski definition) is 5. The number of hydrazine groups is 1. The largest absolute Gasteiger partial charge is 0.694 e. The number of rotatable bonds is 4. The highest BCUT2D eigenvalue weighted by molar-refractivity contribution is 7.32. The van der Waals surface area contributed by atoms with Crippen molar-refractivity contribution in [3.05, 3.63) is 12.3 Å². The number of nitrogens with zero attached hydrogens (tertiary/aromatic N) is 2. The number of aliphatic hydroxyl groups excluding tert-OH is 2. The second kappa shape index (κ2) is 6.08. The average Bonchev–Trinajstić information content (AvgIpc) is 2.64. The van der Waals surface area contributed by atoms with E-state index in [1.54, 1.807) is 0 Å². The number of nitrogens with one attached hydrogen (secondary N) is 1. The molecule has 1 saturated heterocycles. The van der Waals surface area contributed by atoms with Gasteiger partial charge >= 0.3 is 14.3 Å². The fourth-order valence-electron chi connectivity index (χ4n) is 1.68. The SMILES string of the molecule is NC1C=CN(N2O[C@H](CO[P+](=O)O)[C@@H](O)[C@H]2O)C(=O)N1. The first kappa shape index (κ1) is 15.2. The fraction of sp³-hybridized carbons (Fsp3) is 0.625. The summed E-state index contributed by atoms with van der Waals surface area (Å²) < 4.78 is 14.8. The maximum Gasteiger partial charge on any atom is 0.694 e. The molecule has 0 spiro atoms. The van der Waals surface area contributed by atoms with E-state index in [1.165, 1.54) is 12.3 Å². The lowest BCUT2D eigenvalue weighted by Gasteiger charge is -2.32. The molecule has 0 aromatic heterocycles. The van der Waals surface area contributed by atoms with Gasteiger partial charge in [0.25, 0.3) is 0 Å². The standard InChI is InChI=1S/C8H13N4O7P/c9-5-1-2-11(8(15)10-5)12-7(14)6(13)4(19-12)3-18-20(16)17/h1-2,4-7,13-14H,3,9H2,(H-,10,15,16,17)/p+1/t4-,5?,6-,7-/m1/s1. The Labute approximate surface area is 114 Å². The molecule has 6 N–H and O–H groups in total. The van der Waals surface area contributed by atoms with Gasteiger partial charge in [-0.25, -0.2) is 9.80 Å². The van der Waals surface area contributed by atoms with Gasteiger partial charge in [0.1, 0.15) is 18.8 Å². The van der Waals surface area contributed by atoms with Crippen molar-refractivity contribution in [1.82, 2.24) is 15.5 Å². The van der Waals surface area contributed by atoms with E-state index in [0.717, 1.165) is 10.2 Å². The Bertz CT molecular complexity index is 435. The number of urea groups is 1. The van der Waals surface area contributed by atoms with Gasteiger partial charge in [-0.2, -0.15) is 0 Å². The highest BCUT2D eigenvalue weighted by atomic mass is 31.1. The van der Waals surface area contributed by atoms with Crippen molar-refractivity contribution in [2.45, 2.75) is 24.6 Å². The molecule has 11 nitrogen and oxygen atoms in total. The quantitative estimate of drug-likeness (QED) is 0.360. The first-order valence-corrected chi connectivity index (χ1v) is 6.68. The zero-order valence-corrected chi connectivity index (χ0v) is 11.0. The summed E-state index contributed by atoms with van der Waals surface area (Å²) in [6.45, 7) is -0.431. The van der Waals surface area contributed by atoms with Crippen LogP contribution < -0.4 is 11.1 Å². The summed E-state index contributed by atoms with van der Waals surface area (Å²) in [5, 5.41) is 23.5. The molecule has 0 aliphatic carbocycles. The van der Waals surface area contributed by atoms with Crippen molar-refractivity contribution in [1.29, 1.82) is 0 Å². The molecule has 2 unspecified atom stereocenters. The lowest BCUT2D eigenvalue weighted by atomic mass is 10.2. The van der Waals surface area contributed by atoms with Gasteiger partial charge in [-0.3, -0.25) is 4.84 Å². The monoisotopic (exact) mass is 309 g/mol. The molecule has 2 aliphatic heterocycles. The Morgan fingerprint density at radius 2 is 2.25 bits per heavy atom. The molecule has 0 saturated carbocycles. The normalized spacial score (nSPS) is 35.3. The summed E-state index contributed by atoms with van der Waals surface area (Å²) >= 11 is 0. The number of carbonyl (C=O) groups excluding carboxylic acids is 1. The van der Waals surface area contributed by atoms with Crippen LogP contribution in [-0.2, 0) is 13.9 Å². The van der Waals surface area contributed by atoms with Crippen LogP contribution >= 0.6 is 8.25 Å². The van der Waals surface area contributed by atoms with E-state index in [1.807, 2.05) is 0 Å². The molecule has 20 heavy (non-hydrogen) atoms. The Balaban J connectivity index is 2.04. The van der Waals surface area contributed by atoms with Gasteiger partial charge in [0.15, 0.2) is 6.23 Å². The third kappa shape index (κ3) is 3.11. The number of nitrogens with two attached hydrogens (primary N) is 1. The predicted molar refractivity (Wildman–Crippen MR) is 62.0 cm³/mol.